The van der Waals surface area contributed by atoms with E-state index in [0.29, 0.717) is 0 Å². The van der Waals surface area contributed by atoms with Crippen molar-refractivity contribution >= 4 is 18.8 Å². The molecule has 0 aliphatic rings. The fourth-order valence-corrected chi connectivity index (χ4v) is 0.444. The normalized spacial score (nSPS) is 8.17. The molecule has 0 saturated carbocycles. The molecule has 6 heavy (non-hydrogen) atoms. The van der Waals surface area contributed by atoms with Crippen LogP contribution in [0.25, 0.3) is 0 Å². The van der Waals surface area contributed by atoms with Gasteiger partial charge in [-0.15, -0.1) is 0 Å². The zero-order valence-electron chi connectivity index (χ0n) is 3.13. The summed E-state index contributed by atoms with van der Waals surface area (Å²) < 4.78 is 1.47. The van der Waals surface area contributed by atoms with Gasteiger partial charge < -0.3 is 0 Å². The molecule has 1 aromatic heterocycles. The van der Waals surface area contributed by atoms with Crippen LogP contribution in [-0.2, 0) is 0 Å². The van der Waals surface area contributed by atoms with Gasteiger partial charge in [0.2, 0.25) is 0 Å². The van der Waals surface area contributed by atoms with Gasteiger partial charge in [-0.05, 0) is 0 Å². The maximum atomic E-state index is 5.37. The first-order chi connectivity index (χ1) is 2.89. The van der Waals surface area contributed by atoms with Crippen LogP contribution < -0.4 is 0 Å². The SMILES string of the molecule is Cln1bccc1. The summed E-state index contributed by atoms with van der Waals surface area (Å²) in [7, 11) is 1.77. The van der Waals surface area contributed by atoms with E-state index < -0.39 is 0 Å². The van der Waals surface area contributed by atoms with E-state index in [1.807, 2.05) is 12.0 Å². The minimum absolute atomic E-state index is 1.47. The van der Waals surface area contributed by atoms with Crippen LogP contribution in [0.4, 0.5) is 0 Å². The minimum atomic E-state index is 1.47. The molecule has 1 aromatic rings. The molecule has 0 amide bonds. The van der Waals surface area contributed by atoms with Crippen LogP contribution >= 0.6 is 11.8 Å². The van der Waals surface area contributed by atoms with Gasteiger partial charge in [-0.2, -0.15) is 0 Å². The van der Waals surface area contributed by atoms with Gasteiger partial charge in [-0.3, -0.25) is 0 Å². The summed E-state index contributed by atoms with van der Waals surface area (Å²) >= 11 is 5.37. The first-order valence-electron chi connectivity index (χ1n) is 1.69. The van der Waals surface area contributed by atoms with Crippen molar-refractivity contribution in [2.75, 3.05) is 0 Å². The van der Waals surface area contributed by atoms with E-state index in [0.717, 1.165) is 0 Å². The Morgan fingerprint density at radius 3 is 2.67 bits per heavy atom. The molecule has 0 bridgehead atoms. The second-order valence-electron chi connectivity index (χ2n) is 1.03. The predicted molar refractivity (Wildman–Crippen MR) is 27.0 cm³/mol. The molecule has 0 aliphatic carbocycles. The molecule has 30 valence electrons. The third kappa shape index (κ3) is 0.629. The summed E-state index contributed by atoms with van der Waals surface area (Å²) in [5, 5.41) is 0. The molecule has 3 heteroatoms. The zero-order valence-corrected chi connectivity index (χ0v) is 3.89. The molecule has 1 nitrogen and oxygen atoms in total. The molecular weight excluding hydrogens is 96.3 g/mol. The molecule has 0 aromatic carbocycles. The van der Waals surface area contributed by atoms with Gasteiger partial charge in [0.15, 0.2) is 0 Å². The standard InChI is InChI=1S/C3H3BClN/c5-6-3-1-2-4-6/h1-3H. The number of rotatable bonds is 0. The van der Waals surface area contributed by atoms with E-state index in [1.165, 1.54) is 3.99 Å². The number of hydrogen-bond acceptors (Lipinski definition) is 0. The molecule has 0 aliphatic heterocycles. The van der Waals surface area contributed by atoms with Crippen molar-refractivity contribution in [2.24, 2.45) is 0 Å². The van der Waals surface area contributed by atoms with Crippen molar-refractivity contribution in [3.8, 4) is 0 Å². The van der Waals surface area contributed by atoms with Gasteiger partial charge >= 0.3 is 41.0 Å². The molecular formula is C3H3BClN. The van der Waals surface area contributed by atoms with Crippen molar-refractivity contribution in [3.05, 3.63) is 18.2 Å². The van der Waals surface area contributed by atoms with Crippen LogP contribution in [-0.4, -0.2) is 11.0 Å². The van der Waals surface area contributed by atoms with Gasteiger partial charge in [0.1, 0.15) is 0 Å². The van der Waals surface area contributed by atoms with Crippen LogP contribution in [0.3, 0.4) is 0 Å². The molecule has 0 saturated heterocycles. The van der Waals surface area contributed by atoms with E-state index in [2.05, 4.69) is 0 Å². The quantitative estimate of drug-likeness (QED) is 0.454. The molecule has 0 radical (unpaired) electrons. The summed E-state index contributed by atoms with van der Waals surface area (Å²) in [6.45, 7) is 0. The topological polar surface area (TPSA) is 4.93 Å². The van der Waals surface area contributed by atoms with Crippen LogP contribution in [0.2, 0.25) is 0 Å². The summed E-state index contributed by atoms with van der Waals surface area (Å²) in [5.41, 5.74) is 0. The predicted octanol–water partition coefficient (Wildman–Crippen LogP) is 0.828. The summed E-state index contributed by atoms with van der Waals surface area (Å²) in [4.78, 5) is 0. The number of aromatic nitrogens is 1. The van der Waals surface area contributed by atoms with E-state index in [-0.39, 0.29) is 0 Å². The van der Waals surface area contributed by atoms with Crippen LogP contribution in [0, 0.1) is 0 Å². The molecule has 0 atom stereocenters. The maximum absolute atomic E-state index is 5.37. The third-order valence-corrected chi connectivity index (χ3v) is 0.793. The Kier molecular flexibility index (Phi) is 0.969. The molecule has 0 N–H and O–H groups in total. The van der Waals surface area contributed by atoms with Crippen molar-refractivity contribution < 1.29 is 0 Å². The zero-order chi connectivity index (χ0) is 4.41. The van der Waals surface area contributed by atoms with Crippen molar-refractivity contribution in [3.63, 3.8) is 0 Å². The van der Waals surface area contributed by atoms with Gasteiger partial charge in [-0.25, -0.2) is 0 Å². The monoisotopic (exact) mass is 99.0 g/mol. The fourth-order valence-electron chi connectivity index (χ4n) is 0.314. The number of halogens is 1. The van der Waals surface area contributed by atoms with Gasteiger partial charge in [-0.1, -0.05) is 0 Å². The van der Waals surface area contributed by atoms with E-state index in [9.17, 15) is 0 Å². The summed E-state index contributed by atoms with van der Waals surface area (Å²) in [5.74, 6) is 1.87. The Morgan fingerprint density at radius 1 is 1.67 bits per heavy atom. The van der Waals surface area contributed by atoms with Crippen LogP contribution in [0.15, 0.2) is 18.2 Å². The van der Waals surface area contributed by atoms with Crippen molar-refractivity contribution in [1.29, 1.82) is 0 Å². The van der Waals surface area contributed by atoms with Crippen molar-refractivity contribution in [2.45, 2.75) is 0 Å². The number of hydrogen-bond donors (Lipinski definition) is 0. The average Bonchev–Trinajstić information content (AvgIpc) is 1.86. The molecule has 0 unspecified atom stereocenters. The van der Waals surface area contributed by atoms with Gasteiger partial charge in [0.05, 0.1) is 0 Å². The Balaban J connectivity index is 3.05. The van der Waals surface area contributed by atoms with Gasteiger partial charge in [0, 0.05) is 0 Å². The second kappa shape index (κ2) is 1.48. The van der Waals surface area contributed by atoms with Crippen molar-refractivity contribution in [1.82, 2.24) is 3.99 Å². The first kappa shape index (κ1) is 3.94. The molecule has 1 heterocycles. The first-order valence-corrected chi connectivity index (χ1v) is 2.02. The van der Waals surface area contributed by atoms with E-state index in [1.54, 1.807) is 13.2 Å². The summed E-state index contributed by atoms with van der Waals surface area (Å²) in [6.07, 6.45) is 1.77. The van der Waals surface area contributed by atoms with Gasteiger partial charge in [0.25, 0.3) is 0 Å². The average molecular weight is 99.3 g/mol. The molecule has 0 spiro atoms. The molecule has 0 fully saturated rings. The second-order valence-corrected chi connectivity index (χ2v) is 1.42. The Hall–Kier alpha value is -0.235. The Bertz CT molecular complexity index is 114. The number of nitrogens with zero attached hydrogens (tertiary/aromatic N) is 1. The van der Waals surface area contributed by atoms with E-state index in [4.69, 9.17) is 11.8 Å². The fraction of sp³-hybridized carbons (Fsp3) is 0. The Labute approximate surface area is 41.9 Å². The third-order valence-electron chi connectivity index (χ3n) is 0.568. The summed E-state index contributed by atoms with van der Waals surface area (Å²) in [6, 6.07) is 1.87. The van der Waals surface area contributed by atoms with Crippen LogP contribution in [0.1, 0.15) is 0 Å². The van der Waals surface area contributed by atoms with Crippen LogP contribution in [0.5, 0.6) is 0 Å². The van der Waals surface area contributed by atoms with E-state index >= 15 is 0 Å². The molecule has 1 rings (SSSR count). The Morgan fingerprint density at radius 2 is 2.50 bits per heavy atom.